The fraction of sp³-hybridized carbons (Fsp3) is 0.278. The van der Waals surface area contributed by atoms with Crippen LogP contribution < -0.4 is 0 Å². The molecule has 1 heterocycles. The molecule has 1 fully saturated rings. The summed E-state index contributed by atoms with van der Waals surface area (Å²) < 4.78 is 26.9. The molecule has 0 amide bonds. The Labute approximate surface area is 152 Å². The molecule has 1 aliphatic heterocycles. The summed E-state index contributed by atoms with van der Waals surface area (Å²) >= 11 is 5.40. The number of carbonyl (C=O) groups excluding carboxylic acids is 1. The maximum absolute atomic E-state index is 12.7. The van der Waals surface area contributed by atoms with E-state index < -0.39 is 15.3 Å². The second-order valence-corrected chi connectivity index (χ2v) is 8.25. The van der Waals surface area contributed by atoms with Crippen molar-refractivity contribution in [3.8, 4) is 0 Å². The van der Waals surface area contributed by atoms with Crippen molar-refractivity contribution in [1.82, 2.24) is 9.21 Å². The Morgan fingerprint density at radius 1 is 0.920 bits per heavy atom. The summed E-state index contributed by atoms with van der Waals surface area (Å²) in [6.07, 6.45) is 0. The van der Waals surface area contributed by atoms with Gasteiger partial charge < -0.3 is 0 Å². The number of hydrogen-bond donors (Lipinski definition) is 0. The predicted octanol–water partition coefficient (Wildman–Crippen LogP) is 2.57. The lowest BCUT2D eigenvalue weighted by Gasteiger charge is -2.34. The fourth-order valence-electron chi connectivity index (χ4n) is 2.88. The quantitative estimate of drug-likeness (QED) is 0.750. The number of hydrogen-bond acceptors (Lipinski definition) is 4. The number of piperazine rings is 1. The molecule has 0 bridgehead atoms. The second-order valence-electron chi connectivity index (χ2n) is 5.96. The summed E-state index contributed by atoms with van der Waals surface area (Å²) in [4.78, 5) is 13.5. The monoisotopic (exact) mass is 378 g/mol. The summed E-state index contributed by atoms with van der Waals surface area (Å²) in [5, 5.41) is -0.599. The number of benzene rings is 2. The van der Waals surface area contributed by atoms with E-state index in [1.54, 1.807) is 0 Å². The first-order valence-electron chi connectivity index (χ1n) is 8.03. The van der Waals surface area contributed by atoms with Gasteiger partial charge in [0.2, 0.25) is 10.0 Å². The van der Waals surface area contributed by atoms with Crippen LogP contribution in [-0.4, -0.2) is 49.0 Å². The zero-order chi connectivity index (χ0) is 17.9. The number of rotatable bonds is 5. The van der Waals surface area contributed by atoms with Crippen LogP contribution in [0.25, 0.3) is 0 Å². The van der Waals surface area contributed by atoms with E-state index in [0.717, 1.165) is 6.54 Å². The molecule has 2 aromatic carbocycles. The van der Waals surface area contributed by atoms with E-state index in [0.29, 0.717) is 26.2 Å². The van der Waals surface area contributed by atoms with Crippen LogP contribution in [0.15, 0.2) is 59.5 Å². The molecule has 7 heteroatoms. The van der Waals surface area contributed by atoms with Crippen LogP contribution in [0.2, 0.25) is 0 Å². The molecule has 0 atom stereocenters. The van der Waals surface area contributed by atoms with Crippen molar-refractivity contribution >= 4 is 26.9 Å². The lowest BCUT2D eigenvalue weighted by molar-refractivity contribution is 0.108. The molecule has 2 aromatic rings. The van der Waals surface area contributed by atoms with Crippen molar-refractivity contribution in [2.75, 3.05) is 26.2 Å². The van der Waals surface area contributed by atoms with Crippen LogP contribution >= 0.6 is 11.6 Å². The highest BCUT2D eigenvalue weighted by atomic mass is 35.5. The minimum absolute atomic E-state index is 0.186. The SMILES string of the molecule is O=C(Cl)c1ccc(S(=O)(=O)N2CCN(Cc3ccccc3)CC2)cc1. The van der Waals surface area contributed by atoms with Gasteiger partial charge in [0, 0.05) is 38.3 Å². The first kappa shape index (κ1) is 18.1. The van der Waals surface area contributed by atoms with Crippen molar-refractivity contribution in [3.63, 3.8) is 0 Å². The summed E-state index contributed by atoms with van der Waals surface area (Å²) in [7, 11) is -3.55. The summed E-state index contributed by atoms with van der Waals surface area (Å²) in [5.41, 5.74) is 1.51. The first-order valence-corrected chi connectivity index (χ1v) is 9.85. The zero-order valence-corrected chi connectivity index (χ0v) is 15.2. The third-order valence-electron chi connectivity index (χ3n) is 4.30. The van der Waals surface area contributed by atoms with E-state index >= 15 is 0 Å². The lowest BCUT2D eigenvalue weighted by Crippen LogP contribution is -2.48. The highest BCUT2D eigenvalue weighted by Crippen LogP contribution is 2.19. The van der Waals surface area contributed by atoms with Crippen LogP contribution in [0.3, 0.4) is 0 Å². The maximum Gasteiger partial charge on any atom is 0.252 e. The highest BCUT2D eigenvalue weighted by molar-refractivity contribution is 7.89. The minimum atomic E-state index is -3.55. The Balaban J connectivity index is 1.64. The number of sulfonamides is 1. The molecule has 0 N–H and O–H groups in total. The number of carbonyl (C=O) groups is 1. The van der Waals surface area contributed by atoms with Gasteiger partial charge >= 0.3 is 0 Å². The van der Waals surface area contributed by atoms with Gasteiger partial charge in [0.1, 0.15) is 0 Å². The van der Waals surface area contributed by atoms with Gasteiger partial charge in [-0.1, -0.05) is 30.3 Å². The van der Waals surface area contributed by atoms with E-state index in [4.69, 9.17) is 11.6 Å². The third kappa shape index (κ3) is 4.27. The van der Waals surface area contributed by atoms with E-state index in [-0.39, 0.29) is 10.5 Å². The molecular weight excluding hydrogens is 360 g/mol. The van der Waals surface area contributed by atoms with Crippen molar-refractivity contribution < 1.29 is 13.2 Å². The van der Waals surface area contributed by atoms with Gasteiger partial charge in [-0.05, 0) is 41.4 Å². The predicted molar refractivity (Wildman–Crippen MR) is 97.1 cm³/mol. The van der Waals surface area contributed by atoms with Crippen LogP contribution in [-0.2, 0) is 16.6 Å². The average molecular weight is 379 g/mol. The Morgan fingerprint density at radius 3 is 2.08 bits per heavy atom. The molecule has 0 aromatic heterocycles. The molecule has 0 spiro atoms. The van der Waals surface area contributed by atoms with Gasteiger partial charge in [0.15, 0.2) is 0 Å². The molecule has 132 valence electrons. The Hall–Kier alpha value is -1.73. The molecular formula is C18H19ClN2O3S. The van der Waals surface area contributed by atoms with Crippen molar-refractivity contribution in [1.29, 1.82) is 0 Å². The fourth-order valence-corrected chi connectivity index (χ4v) is 4.42. The van der Waals surface area contributed by atoms with E-state index in [2.05, 4.69) is 17.0 Å². The molecule has 1 saturated heterocycles. The normalized spacial score (nSPS) is 16.7. The molecule has 25 heavy (non-hydrogen) atoms. The Bertz CT molecular complexity index is 830. The third-order valence-corrected chi connectivity index (χ3v) is 6.43. The van der Waals surface area contributed by atoms with E-state index in [9.17, 15) is 13.2 Å². The summed E-state index contributed by atoms with van der Waals surface area (Å²) in [5.74, 6) is 0. The van der Waals surface area contributed by atoms with Gasteiger partial charge in [0.05, 0.1) is 4.90 Å². The maximum atomic E-state index is 12.7. The van der Waals surface area contributed by atoms with Crippen molar-refractivity contribution in [3.05, 3.63) is 65.7 Å². The molecule has 0 saturated carbocycles. The standard InChI is InChI=1S/C18H19ClN2O3S/c19-18(22)16-6-8-17(9-7-16)25(23,24)21-12-10-20(11-13-21)14-15-4-2-1-3-5-15/h1-9H,10-14H2. The van der Waals surface area contributed by atoms with Gasteiger partial charge in [0.25, 0.3) is 5.24 Å². The van der Waals surface area contributed by atoms with Gasteiger partial charge in [-0.3, -0.25) is 9.69 Å². The number of nitrogens with zero attached hydrogens (tertiary/aromatic N) is 2. The van der Waals surface area contributed by atoms with Gasteiger partial charge in [-0.25, -0.2) is 8.42 Å². The minimum Gasteiger partial charge on any atom is -0.296 e. The largest absolute Gasteiger partial charge is 0.296 e. The van der Waals surface area contributed by atoms with E-state index in [1.165, 1.54) is 34.1 Å². The molecule has 3 rings (SSSR count). The second kappa shape index (κ2) is 7.66. The lowest BCUT2D eigenvalue weighted by atomic mass is 10.2. The molecule has 0 unspecified atom stereocenters. The smallest absolute Gasteiger partial charge is 0.252 e. The molecule has 5 nitrogen and oxygen atoms in total. The van der Waals surface area contributed by atoms with Crippen LogP contribution in [0, 0.1) is 0 Å². The van der Waals surface area contributed by atoms with Crippen LogP contribution in [0.5, 0.6) is 0 Å². The van der Waals surface area contributed by atoms with Crippen LogP contribution in [0.4, 0.5) is 0 Å². The van der Waals surface area contributed by atoms with E-state index in [1.807, 2.05) is 18.2 Å². The average Bonchev–Trinajstić information content (AvgIpc) is 2.63. The van der Waals surface area contributed by atoms with Crippen molar-refractivity contribution in [2.24, 2.45) is 0 Å². The van der Waals surface area contributed by atoms with Gasteiger partial charge in [-0.2, -0.15) is 4.31 Å². The Kier molecular flexibility index (Phi) is 5.54. The van der Waals surface area contributed by atoms with Gasteiger partial charge in [-0.15, -0.1) is 0 Å². The molecule has 0 aliphatic carbocycles. The Morgan fingerprint density at radius 2 is 1.52 bits per heavy atom. The summed E-state index contributed by atoms with van der Waals surface area (Å²) in [6, 6.07) is 15.9. The van der Waals surface area contributed by atoms with Crippen LogP contribution in [0.1, 0.15) is 15.9 Å². The van der Waals surface area contributed by atoms with Crippen molar-refractivity contribution in [2.45, 2.75) is 11.4 Å². The molecule has 0 radical (unpaired) electrons. The first-order chi connectivity index (χ1) is 12.0. The number of halogens is 1. The zero-order valence-electron chi connectivity index (χ0n) is 13.6. The molecule has 1 aliphatic rings. The summed E-state index contributed by atoms with van der Waals surface area (Å²) in [6.45, 7) is 3.09. The highest BCUT2D eigenvalue weighted by Gasteiger charge is 2.28. The topological polar surface area (TPSA) is 57.7 Å².